The Bertz CT molecular complexity index is 865. The Kier molecular flexibility index (Phi) is 6.94. The van der Waals surface area contributed by atoms with Crippen molar-refractivity contribution in [3.05, 3.63) is 89.6 Å². The highest BCUT2D eigenvalue weighted by molar-refractivity contribution is 5.74. The van der Waals surface area contributed by atoms with Crippen LogP contribution in [0.2, 0.25) is 0 Å². The van der Waals surface area contributed by atoms with Gasteiger partial charge in [0.15, 0.2) is 0 Å². The molecule has 0 aliphatic carbocycles. The van der Waals surface area contributed by atoms with Crippen LogP contribution >= 0.6 is 0 Å². The summed E-state index contributed by atoms with van der Waals surface area (Å²) in [5.41, 5.74) is 1.11. The molecule has 1 unspecified atom stereocenters. The third-order valence-electron chi connectivity index (χ3n) is 4.24. The van der Waals surface area contributed by atoms with Crippen LogP contribution in [0.3, 0.4) is 0 Å². The smallest absolute Gasteiger partial charge is 0.150 e. The standard InChI is InChI=1S/C22H22FNO4/c23-22-6-2-1-4-18(22)12-24(14-21-5-3-11-27-21)13-19(26)16-28-20-9-7-17(15-25)8-10-20/h1-11,15,19,26H,12-14,16H2. The fourth-order valence-corrected chi connectivity index (χ4v) is 2.86. The number of rotatable bonds is 10. The molecule has 0 saturated carbocycles. The second kappa shape index (κ2) is 9.82. The van der Waals surface area contributed by atoms with Crippen LogP contribution in [-0.2, 0) is 13.1 Å². The van der Waals surface area contributed by atoms with Gasteiger partial charge in [-0.2, -0.15) is 0 Å². The molecule has 1 aromatic heterocycles. The molecule has 5 nitrogen and oxygen atoms in total. The third-order valence-corrected chi connectivity index (χ3v) is 4.24. The Morgan fingerprint density at radius 1 is 1.07 bits per heavy atom. The molecule has 1 atom stereocenters. The van der Waals surface area contributed by atoms with E-state index in [9.17, 15) is 14.3 Å². The minimum absolute atomic E-state index is 0.0758. The Hall–Kier alpha value is -2.96. The van der Waals surface area contributed by atoms with Crippen LogP contribution < -0.4 is 4.74 Å². The fourth-order valence-electron chi connectivity index (χ4n) is 2.86. The van der Waals surface area contributed by atoms with Gasteiger partial charge in [-0.1, -0.05) is 18.2 Å². The van der Waals surface area contributed by atoms with Crippen molar-refractivity contribution in [1.29, 1.82) is 0 Å². The van der Waals surface area contributed by atoms with Gasteiger partial charge in [0.25, 0.3) is 0 Å². The minimum atomic E-state index is -0.785. The van der Waals surface area contributed by atoms with Crippen molar-refractivity contribution in [3.8, 4) is 5.75 Å². The molecule has 6 heteroatoms. The highest BCUT2D eigenvalue weighted by Crippen LogP contribution is 2.15. The molecule has 28 heavy (non-hydrogen) atoms. The Balaban J connectivity index is 1.60. The van der Waals surface area contributed by atoms with E-state index in [-0.39, 0.29) is 19.0 Å². The first-order chi connectivity index (χ1) is 13.6. The topological polar surface area (TPSA) is 62.9 Å². The first-order valence-corrected chi connectivity index (χ1v) is 8.98. The molecule has 0 aliphatic heterocycles. The van der Waals surface area contributed by atoms with Gasteiger partial charge in [-0.3, -0.25) is 9.69 Å². The van der Waals surface area contributed by atoms with Crippen LogP contribution in [0.4, 0.5) is 4.39 Å². The van der Waals surface area contributed by atoms with Crippen molar-refractivity contribution in [2.75, 3.05) is 13.2 Å². The molecular weight excluding hydrogens is 361 g/mol. The summed E-state index contributed by atoms with van der Waals surface area (Å²) in [6.07, 6.45) is 1.56. The van der Waals surface area contributed by atoms with E-state index in [0.717, 1.165) is 12.0 Å². The number of carbonyl (C=O) groups is 1. The SMILES string of the molecule is O=Cc1ccc(OCC(O)CN(Cc2ccco2)Cc2ccccc2F)cc1. The summed E-state index contributed by atoms with van der Waals surface area (Å²) in [5.74, 6) is 1.01. The second-order valence-corrected chi connectivity index (χ2v) is 6.49. The largest absolute Gasteiger partial charge is 0.491 e. The lowest BCUT2D eigenvalue weighted by Gasteiger charge is -2.24. The van der Waals surface area contributed by atoms with E-state index in [1.165, 1.54) is 6.07 Å². The molecule has 0 amide bonds. The van der Waals surface area contributed by atoms with Crippen molar-refractivity contribution in [2.24, 2.45) is 0 Å². The van der Waals surface area contributed by atoms with E-state index in [2.05, 4.69) is 0 Å². The zero-order chi connectivity index (χ0) is 19.8. The Morgan fingerprint density at radius 3 is 2.54 bits per heavy atom. The first kappa shape index (κ1) is 19.8. The number of hydrogen-bond acceptors (Lipinski definition) is 5. The average Bonchev–Trinajstić information content (AvgIpc) is 3.21. The summed E-state index contributed by atoms with van der Waals surface area (Å²) in [5, 5.41) is 10.4. The predicted octanol–water partition coefficient (Wildman–Crippen LogP) is 3.67. The van der Waals surface area contributed by atoms with Crippen molar-refractivity contribution in [2.45, 2.75) is 19.2 Å². The number of hydrogen-bond donors (Lipinski definition) is 1. The molecule has 1 heterocycles. The van der Waals surface area contributed by atoms with Crippen LogP contribution in [-0.4, -0.2) is 35.5 Å². The number of benzene rings is 2. The van der Waals surface area contributed by atoms with Crippen molar-refractivity contribution in [1.82, 2.24) is 4.90 Å². The molecule has 0 saturated heterocycles. The van der Waals surface area contributed by atoms with Crippen LogP contribution in [0.5, 0.6) is 5.75 Å². The van der Waals surface area contributed by atoms with E-state index in [1.807, 2.05) is 11.0 Å². The molecule has 3 rings (SSSR count). The summed E-state index contributed by atoms with van der Waals surface area (Å²) in [4.78, 5) is 12.6. The maximum Gasteiger partial charge on any atom is 0.150 e. The molecule has 0 aliphatic rings. The van der Waals surface area contributed by atoms with E-state index in [1.54, 1.807) is 54.8 Å². The van der Waals surface area contributed by atoms with E-state index in [4.69, 9.17) is 9.15 Å². The number of nitrogens with zero attached hydrogens (tertiary/aromatic N) is 1. The second-order valence-electron chi connectivity index (χ2n) is 6.49. The summed E-state index contributed by atoms with van der Waals surface area (Å²) in [6, 6.07) is 16.9. The Morgan fingerprint density at radius 2 is 1.86 bits per heavy atom. The van der Waals surface area contributed by atoms with Crippen LogP contribution in [0.25, 0.3) is 0 Å². The van der Waals surface area contributed by atoms with Gasteiger partial charge < -0.3 is 14.3 Å². The highest BCUT2D eigenvalue weighted by Gasteiger charge is 2.16. The van der Waals surface area contributed by atoms with Gasteiger partial charge in [0.05, 0.1) is 12.8 Å². The number of aliphatic hydroxyl groups excluding tert-OH is 1. The number of aliphatic hydroxyl groups is 1. The fraction of sp³-hybridized carbons (Fsp3) is 0.227. The number of aldehydes is 1. The molecule has 2 aromatic carbocycles. The average molecular weight is 383 g/mol. The molecule has 0 spiro atoms. The van der Waals surface area contributed by atoms with Gasteiger partial charge in [-0.25, -0.2) is 4.39 Å². The molecule has 1 N–H and O–H groups in total. The zero-order valence-corrected chi connectivity index (χ0v) is 15.3. The first-order valence-electron chi connectivity index (χ1n) is 8.98. The van der Waals surface area contributed by atoms with Gasteiger partial charge in [-0.05, 0) is 42.5 Å². The van der Waals surface area contributed by atoms with E-state index in [0.29, 0.717) is 30.0 Å². The van der Waals surface area contributed by atoms with Crippen molar-refractivity contribution < 1.29 is 23.4 Å². The Labute approximate surface area is 163 Å². The quantitative estimate of drug-likeness (QED) is 0.541. The lowest BCUT2D eigenvalue weighted by Crippen LogP contribution is -2.35. The maximum absolute atomic E-state index is 14.0. The lowest BCUT2D eigenvalue weighted by atomic mass is 10.2. The minimum Gasteiger partial charge on any atom is -0.491 e. The lowest BCUT2D eigenvalue weighted by molar-refractivity contribution is 0.0600. The van der Waals surface area contributed by atoms with Gasteiger partial charge in [0.2, 0.25) is 0 Å². The van der Waals surface area contributed by atoms with Crippen LogP contribution in [0, 0.1) is 5.82 Å². The number of carbonyl (C=O) groups excluding carboxylic acids is 1. The summed E-state index contributed by atoms with van der Waals surface area (Å²) < 4.78 is 25.0. The predicted molar refractivity (Wildman–Crippen MR) is 103 cm³/mol. The normalized spacial score (nSPS) is 12.1. The maximum atomic E-state index is 14.0. The molecule has 146 valence electrons. The van der Waals surface area contributed by atoms with Crippen molar-refractivity contribution in [3.63, 3.8) is 0 Å². The molecule has 0 bridgehead atoms. The monoisotopic (exact) mass is 383 g/mol. The number of ether oxygens (including phenoxy) is 1. The third kappa shape index (κ3) is 5.77. The molecule has 0 radical (unpaired) electrons. The van der Waals surface area contributed by atoms with Crippen molar-refractivity contribution >= 4 is 6.29 Å². The van der Waals surface area contributed by atoms with E-state index >= 15 is 0 Å². The van der Waals surface area contributed by atoms with Gasteiger partial charge >= 0.3 is 0 Å². The van der Waals surface area contributed by atoms with Gasteiger partial charge in [0, 0.05) is 24.2 Å². The number of furan rings is 1. The molecule has 3 aromatic rings. The highest BCUT2D eigenvalue weighted by atomic mass is 19.1. The van der Waals surface area contributed by atoms with Crippen LogP contribution in [0.1, 0.15) is 21.7 Å². The summed E-state index contributed by atoms with van der Waals surface area (Å²) >= 11 is 0. The number of halogens is 1. The van der Waals surface area contributed by atoms with Gasteiger partial charge in [-0.15, -0.1) is 0 Å². The summed E-state index contributed by atoms with van der Waals surface area (Å²) in [7, 11) is 0. The van der Waals surface area contributed by atoms with E-state index < -0.39 is 6.10 Å². The molecule has 0 fully saturated rings. The van der Waals surface area contributed by atoms with Gasteiger partial charge in [0.1, 0.15) is 36.3 Å². The van der Waals surface area contributed by atoms with Crippen LogP contribution in [0.15, 0.2) is 71.3 Å². The molecular formula is C22H22FNO4. The summed E-state index contributed by atoms with van der Waals surface area (Å²) in [6.45, 7) is 1.12. The zero-order valence-electron chi connectivity index (χ0n) is 15.3.